The second-order valence-corrected chi connectivity index (χ2v) is 6.08. The maximum absolute atomic E-state index is 12.2. The third-order valence-corrected chi connectivity index (χ3v) is 4.44. The molecule has 100 valence electrons. The van der Waals surface area contributed by atoms with E-state index < -0.39 is 5.41 Å². The number of hydrogen-bond donors (Lipinski definition) is 2. The molecule has 2 N–H and O–H groups in total. The van der Waals surface area contributed by atoms with E-state index in [-0.39, 0.29) is 17.7 Å². The molecule has 1 aliphatic carbocycles. The van der Waals surface area contributed by atoms with Gasteiger partial charge in [0, 0.05) is 16.7 Å². The summed E-state index contributed by atoms with van der Waals surface area (Å²) in [6, 6.07) is 5.72. The molecule has 2 amide bonds. The first-order valence-corrected chi connectivity index (χ1v) is 7.28. The van der Waals surface area contributed by atoms with Crippen LogP contribution >= 0.6 is 15.9 Å². The first kappa shape index (κ1) is 12.7. The van der Waals surface area contributed by atoms with E-state index in [2.05, 4.69) is 26.6 Å². The largest absolute Gasteiger partial charge is 0.356 e. The van der Waals surface area contributed by atoms with E-state index in [1.165, 1.54) is 0 Å². The lowest BCUT2D eigenvalue weighted by molar-refractivity contribution is -0.125. The van der Waals surface area contributed by atoms with E-state index in [1.54, 1.807) is 0 Å². The highest BCUT2D eigenvalue weighted by Gasteiger charge is 2.67. The highest BCUT2D eigenvalue weighted by atomic mass is 79.9. The Morgan fingerprint density at radius 3 is 3.11 bits per heavy atom. The summed E-state index contributed by atoms with van der Waals surface area (Å²) in [6.45, 7) is 2.68. The Labute approximate surface area is 120 Å². The average molecular weight is 323 g/mol. The maximum Gasteiger partial charge on any atom is 0.235 e. The van der Waals surface area contributed by atoms with Crippen molar-refractivity contribution in [3.8, 4) is 0 Å². The molecular formula is C14H15BrN2O2. The van der Waals surface area contributed by atoms with Gasteiger partial charge in [-0.2, -0.15) is 0 Å². The quantitative estimate of drug-likeness (QED) is 0.896. The smallest absolute Gasteiger partial charge is 0.235 e. The molecule has 19 heavy (non-hydrogen) atoms. The summed E-state index contributed by atoms with van der Waals surface area (Å²) in [5.41, 5.74) is 1.15. The molecule has 2 atom stereocenters. The lowest BCUT2D eigenvalue weighted by atomic mass is 9.94. The minimum absolute atomic E-state index is 0.00942. The number of amides is 2. The number of benzene rings is 1. The van der Waals surface area contributed by atoms with Crippen LogP contribution in [0.4, 0.5) is 5.69 Å². The highest BCUT2D eigenvalue weighted by molar-refractivity contribution is 9.10. The minimum atomic E-state index is -0.628. The predicted octanol–water partition coefficient (Wildman–Crippen LogP) is 2.19. The van der Waals surface area contributed by atoms with Crippen LogP contribution in [0.15, 0.2) is 22.7 Å². The summed E-state index contributed by atoms with van der Waals surface area (Å²) in [6.07, 6.45) is 1.51. The zero-order valence-corrected chi connectivity index (χ0v) is 12.2. The van der Waals surface area contributed by atoms with Gasteiger partial charge in [0.2, 0.25) is 11.8 Å². The number of anilines is 1. The van der Waals surface area contributed by atoms with Crippen LogP contribution < -0.4 is 10.6 Å². The second-order valence-electron chi connectivity index (χ2n) is 5.16. The molecule has 1 heterocycles. The summed E-state index contributed by atoms with van der Waals surface area (Å²) >= 11 is 3.42. The number of carbonyl (C=O) groups excluding carboxylic acids is 2. The lowest BCUT2D eigenvalue weighted by Gasteiger charge is -2.09. The predicted molar refractivity (Wildman–Crippen MR) is 75.9 cm³/mol. The van der Waals surface area contributed by atoms with Crippen molar-refractivity contribution < 1.29 is 9.59 Å². The number of carbonyl (C=O) groups is 2. The molecule has 3 rings (SSSR count). The van der Waals surface area contributed by atoms with Crippen molar-refractivity contribution in [1.29, 1.82) is 0 Å². The van der Waals surface area contributed by atoms with Crippen molar-refractivity contribution in [3.05, 3.63) is 28.2 Å². The Bertz CT molecular complexity index is 573. The summed E-state index contributed by atoms with van der Waals surface area (Å²) in [4.78, 5) is 24.3. The molecule has 0 aromatic heterocycles. The zero-order valence-electron chi connectivity index (χ0n) is 10.6. The Kier molecular flexibility index (Phi) is 2.89. The van der Waals surface area contributed by atoms with Gasteiger partial charge in [0.25, 0.3) is 0 Å². The number of fused-ring (bicyclic) bond motifs is 2. The molecule has 0 saturated heterocycles. The van der Waals surface area contributed by atoms with Gasteiger partial charge in [-0.1, -0.05) is 22.9 Å². The Morgan fingerprint density at radius 1 is 1.58 bits per heavy atom. The molecule has 1 fully saturated rings. The fourth-order valence-electron chi connectivity index (χ4n) is 2.85. The van der Waals surface area contributed by atoms with E-state index in [9.17, 15) is 9.59 Å². The molecule has 1 spiro atoms. The first-order valence-electron chi connectivity index (χ1n) is 6.49. The second kappa shape index (κ2) is 4.34. The van der Waals surface area contributed by atoms with Gasteiger partial charge in [-0.3, -0.25) is 9.59 Å². The number of rotatable bonds is 3. The molecule has 2 aliphatic rings. The fourth-order valence-corrected chi connectivity index (χ4v) is 3.21. The fraction of sp³-hybridized carbons (Fsp3) is 0.429. The molecular weight excluding hydrogens is 308 g/mol. The van der Waals surface area contributed by atoms with Gasteiger partial charge in [-0.25, -0.2) is 0 Å². The van der Waals surface area contributed by atoms with Crippen molar-refractivity contribution in [3.63, 3.8) is 0 Å². The van der Waals surface area contributed by atoms with Crippen LogP contribution in [0.25, 0.3) is 0 Å². The standard InChI is InChI=1S/C14H15BrN2O2/c1-2-5-16-12(18)10-7-14(10)9-6-8(15)3-4-11(9)17-13(14)19/h3-4,6,10H,2,5,7H2,1H3,(H,16,18)(H,17,19)/t10-,14-/m1/s1. The van der Waals surface area contributed by atoms with Crippen LogP contribution in [0.3, 0.4) is 0 Å². The molecule has 0 bridgehead atoms. The van der Waals surface area contributed by atoms with Gasteiger partial charge in [0.1, 0.15) is 0 Å². The van der Waals surface area contributed by atoms with E-state index in [4.69, 9.17) is 0 Å². The Hall–Kier alpha value is -1.36. The van der Waals surface area contributed by atoms with Crippen LogP contribution in [0.2, 0.25) is 0 Å². The maximum atomic E-state index is 12.2. The van der Waals surface area contributed by atoms with Gasteiger partial charge >= 0.3 is 0 Å². The zero-order chi connectivity index (χ0) is 13.6. The first-order chi connectivity index (χ1) is 9.09. The van der Waals surface area contributed by atoms with Gasteiger partial charge in [-0.15, -0.1) is 0 Å². The molecule has 0 radical (unpaired) electrons. The van der Waals surface area contributed by atoms with E-state index in [0.717, 1.165) is 22.1 Å². The topological polar surface area (TPSA) is 58.2 Å². The van der Waals surface area contributed by atoms with Crippen LogP contribution in [-0.4, -0.2) is 18.4 Å². The summed E-state index contributed by atoms with van der Waals surface area (Å²) < 4.78 is 0.932. The molecule has 1 aromatic rings. The van der Waals surface area contributed by atoms with Gasteiger partial charge in [-0.05, 0) is 36.6 Å². The van der Waals surface area contributed by atoms with Crippen molar-refractivity contribution in [2.24, 2.45) is 5.92 Å². The SMILES string of the molecule is CCCNC(=O)[C@H]1C[C@]12C(=O)Nc1ccc(Br)cc12. The summed E-state index contributed by atoms with van der Waals surface area (Å²) in [5, 5.41) is 5.76. The molecule has 0 unspecified atom stereocenters. The van der Waals surface area contributed by atoms with Crippen molar-refractivity contribution in [2.45, 2.75) is 25.2 Å². The van der Waals surface area contributed by atoms with Crippen LogP contribution in [-0.2, 0) is 15.0 Å². The third-order valence-electron chi connectivity index (χ3n) is 3.94. The molecule has 1 aliphatic heterocycles. The van der Waals surface area contributed by atoms with E-state index in [1.807, 2.05) is 25.1 Å². The highest BCUT2D eigenvalue weighted by Crippen LogP contribution is 2.60. The van der Waals surface area contributed by atoms with Gasteiger partial charge in [0.05, 0.1) is 11.3 Å². The van der Waals surface area contributed by atoms with E-state index in [0.29, 0.717) is 13.0 Å². The summed E-state index contributed by atoms with van der Waals surface area (Å²) in [5.74, 6) is -0.281. The van der Waals surface area contributed by atoms with Crippen molar-refractivity contribution in [1.82, 2.24) is 5.32 Å². The van der Waals surface area contributed by atoms with Crippen molar-refractivity contribution in [2.75, 3.05) is 11.9 Å². The summed E-state index contributed by atoms with van der Waals surface area (Å²) in [7, 11) is 0. The molecule has 4 nitrogen and oxygen atoms in total. The monoisotopic (exact) mass is 322 g/mol. The number of nitrogens with one attached hydrogen (secondary N) is 2. The van der Waals surface area contributed by atoms with Gasteiger partial charge < -0.3 is 10.6 Å². The van der Waals surface area contributed by atoms with Crippen LogP contribution in [0.5, 0.6) is 0 Å². The molecule has 5 heteroatoms. The lowest BCUT2D eigenvalue weighted by Crippen LogP contribution is -2.31. The average Bonchev–Trinajstić information content (AvgIpc) is 3.08. The normalized spacial score (nSPS) is 27.1. The van der Waals surface area contributed by atoms with Crippen LogP contribution in [0.1, 0.15) is 25.3 Å². The third kappa shape index (κ3) is 1.79. The minimum Gasteiger partial charge on any atom is -0.356 e. The molecule has 1 saturated carbocycles. The van der Waals surface area contributed by atoms with Gasteiger partial charge in [0.15, 0.2) is 0 Å². The van der Waals surface area contributed by atoms with E-state index >= 15 is 0 Å². The van der Waals surface area contributed by atoms with Crippen LogP contribution in [0, 0.1) is 5.92 Å². The van der Waals surface area contributed by atoms with Crippen molar-refractivity contribution >= 4 is 33.4 Å². The number of hydrogen-bond acceptors (Lipinski definition) is 2. The Morgan fingerprint density at radius 2 is 2.37 bits per heavy atom. The molecule has 1 aromatic carbocycles. The number of halogens is 1. The Balaban J connectivity index is 1.89.